The molecule has 0 saturated heterocycles. The number of hydrogen-bond donors (Lipinski definition) is 1. The molecule has 0 aliphatic rings. The monoisotopic (exact) mass is 411 g/mol. The van der Waals surface area contributed by atoms with Crippen molar-refractivity contribution in [1.82, 2.24) is 5.32 Å². The van der Waals surface area contributed by atoms with Crippen molar-refractivity contribution >= 4 is 40.9 Å². The van der Waals surface area contributed by atoms with E-state index >= 15 is 0 Å². The fourth-order valence-corrected chi connectivity index (χ4v) is 3.98. The van der Waals surface area contributed by atoms with Crippen LogP contribution in [0.3, 0.4) is 0 Å². The molecule has 2 aromatic rings. The summed E-state index contributed by atoms with van der Waals surface area (Å²) in [5.41, 5.74) is 2.04. The van der Waals surface area contributed by atoms with Crippen molar-refractivity contribution in [2.45, 2.75) is 32.1 Å². The van der Waals surface area contributed by atoms with E-state index in [-0.39, 0.29) is 5.91 Å². The van der Waals surface area contributed by atoms with E-state index < -0.39 is 6.10 Å². The summed E-state index contributed by atoms with van der Waals surface area (Å²) in [6.07, 6.45) is 0.127. The predicted molar refractivity (Wildman–Crippen MR) is 112 cm³/mol. The molecule has 0 heterocycles. The van der Waals surface area contributed by atoms with Gasteiger partial charge in [-0.25, -0.2) is 0 Å². The minimum absolute atomic E-state index is 0.0922. The minimum Gasteiger partial charge on any atom is -0.481 e. The van der Waals surface area contributed by atoms with Gasteiger partial charge in [-0.05, 0) is 48.7 Å². The van der Waals surface area contributed by atoms with Crippen LogP contribution < -0.4 is 10.1 Å². The molecule has 0 fully saturated rings. The van der Waals surface area contributed by atoms with Gasteiger partial charge in [-0.2, -0.15) is 11.8 Å². The molecule has 2 rings (SSSR count). The molecule has 26 heavy (non-hydrogen) atoms. The lowest BCUT2D eigenvalue weighted by Crippen LogP contribution is -2.39. The van der Waals surface area contributed by atoms with Crippen LogP contribution in [0.4, 0.5) is 0 Å². The average molecular weight is 412 g/mol. The van der Waals surface area contributed by atoms with Gasteiger partial charge >= 0.3 is 0 Å². The normalized spacial score (nSPS) is 11.8. The molecular formula is C20H23Cl2NO2S. The summed E-state index contributed by atoms with van der Waals surface area (Å²) in [5, 5.41) is 4.28. The summed E-state index contributed by atoms with van der Waals surface area (Å²) in [7, 11) is 0. The molecule has 0 saturated carbocycles. The number of ether oxygens (including phenoxy) is 1. The Balaban J connectivity index is 1.75. The van der Waals surface area contributed by atoms with Crippen LogP contribution in [0.2, 0.25) is 10.0 Å². The summed E-state index contributed by atoms with van der Waals surface area (Å²) in [4.78, 5) is 12.3. The molecular weight excluding hydrogens is 389 g/mol. The highest BCUT2D eigenvalue weighted by Gasteiger charge is 2.17. The first kappa shape index (κ1) is 20.9. The number of thioether (sulfide) groups is 1. The molecule has 1 N–H and O–H groups in total. The lowest BCUT2D eigenvalue weighted by Gasteiger charge is -2.17. The van der Waals surface area contributed by atoms with Crippen LogP contribution in [-0.2, 0) is 10.5 Å². The van der Waals surface area contributed by atoms with Crippen LogP contribution >= 0.6 is 35.0 Å². The quantitative estimate of drug-likeness (QED) is 0.552. The van der Waals surface area contributed by atoms with Gasteiger partial charge in [-0.1, -0.05) is 48.3 Å². The standard InChI is InChI=1S/C20H23Cl2NO2S/c1-3-19(25-15-7-4-6-14(2)12-15)20(24)23-10-11-26-13-16-17(21)8-5-9-18(16)22/h4-9,12,19H,3,10-11,13H2,1-2H3,(H,23,24). The van der Waals surface area contributed by atoms with E-state index in [0.717, 1.165) is 22.6 Å². The molecule has 140 valence electrons. The van der Waals surface area contributed by atoms with Gasteiger partial charge in [0.25, 0.3) is 5.91 Å². The summed E-state index contributed by atoms with van der Waals surface area (Å²) >= 11 is 14.0. The average Bonchev–Trinajstić information content (AvgIpc) is 2.61. The van der Waals surface area contributed by atoms with Crippen molar-refractivity contribution in [1.29, 1.82) is 0 Å². The second-order valence-corrected chi connectivity index (χ2v) is 7.79. The number of rotatable bonds is 9. The Morgan fingerprint density at radius 3 is 2.54 bits per heavy atom. The van der Waals surface area contributed by atoms with Crippen molar-refractivity contribution in [3.8, 4) is 5.75 Å². The zero-order valence-electron chi connectivity index (χ0n) is 14.9. The van der Waals surface area contributed by atoms with Crippen molar-refractivity contribution in [2.75, 3.05) is 12.3 Å². The number of benzene rings is 2. The Bertz CT molecular complexity index is 719. The summed E-state index contributed by atoms with van der Waals surface area (Å²) < 4.78 is 5.81. The Morgan fingerprint density at radius 1 is 1.19 bits per heavy atom. The number of halogens is 2. The van der Waals surface area contributed by atoms with Crippen LogP contribution in [0.15, 0.2) is 42.5 Å². The third-order valence-electron chi connectivity index (χ3n) is 3.78. The second-order valence-electron chi connectivity index (χ2n) is 5.88. The zero-order chi connectivity index (χ0) is 18.9. The first-order chi connectivity index (χ1) is 12.5. The predicted octanol–water partition coefficient (Wildman–Crippen LogP) is 5.51. The van der Waals surface area contributed by atoms with E-state index in [9.17, 15) is 4.79 Å². The van der Waals surface area contributed by atoms with Gasteiger partial charge in [0, 0.05) is 28.1 Å². The summed E-state index contributed by atoms with van der Waals surface area (Å²) in [6.45, 7) is 4.50. The lowest BCUT2D eigenvalue weighted by atomic mass is 10.2. The highest BCUT2D eigenvalue weighted by atomic mass is 35.5. The number of nitrogens with one attached hydrogen (secondary N) is 1. The van der Waals surface area contributed by atoms with Crippen molar-refractivity contribution in [2.24, 2.45) is 0 Å². The zero-order valence-corrected chi connectivity index (χ0v) is 17.3. The molecule has 1 amide bonds. The smallest absolute Gasteiger partial charge is 0.261 e. The third-order valence-corrected chi connectivity index (χ3v) is 5.48. The van der Waals surface area contributed by atoms with Gasteiger partial charge < -0.3 is 10.1 Å². The SMILES string of the molecule is CCC(Oc1cccc(C)c1)C(=O)NCCSCc1c(Cl)cccc1Cl. The Morgan fingerprint density at radius 2 is 1.88 bits per heavy atom. The maximum Gasteiger partial charge on any atom is 0.261 e. The van der Waals surface area contributed by atoms with E-state index in [4.69, 9.17) is 27.9 Å². The summed E-state index contributed by atoms with van der Waals surface area (Å²) in [5.74, 6) is 2.11. The van der Waals surface area contributed by atoms with Crippen LogP contribution in [-0.4, -0.2) is 24.3 Å². The largest absolute Gasteiger partial charge is 0.481 e. The maximum atomic E-state index is 12.3. The highest BCUT2D eigenvalue weighted by molar-refractivity contribution is 7.98. The lowest BCUT2D eigenvalue weighted by molar-refractivity contribution is -0.127. The number of carbonyl (C=O) groups is 1. The van der Waals surface area contributed by atoms with E-state index in [1.54, 1.807) is 11.8 Å². The van der Waals surface area contributed by atoms with Gasteiger partial charge in [-0.15, -0.1) is 0 Å². The molecule has 0 spiro atoms. The molecule has 6 heteroatoms. The molecule has 1 atom stereocenters. The molecule has 0 bridgehead atoms. The number of amides is 1. The Kier molecular flexibility index (Phi) is 8.63. The maximum absolute atomic E-state index is 12.3. The molecule has 0 radical (unpaired) electrons. The number of carbonyl (C=O) groups excluding carboxylic acids is 1. The van der Waals surface area contributed by atoms with Crippen molar-refractivity contribution < 1.29 is 9.53 Å². The molecule has 3 nitrogen and oxygen atoms in total. The Hall–Kier alpha value is -1.36. The first-order valence-electron chi connectivity index (χ1n) is 8.53. The van der Waals surface area contributed by atoms with Gasteiger partial charge in [-0.3, -0.25) is 4.79 Å². The second kappa shape index (κ2) is 10.7. The van der Waals surface area contributed by atoms with Crippen molar-refractivity contribution in [3.05, 3.63) is 63.6 Å². The Labute approximate surface area is 169 Å². The van der Waals surface area contributed by atoms with Gasteiger partial charge in [0.1, 0.15) is 5.75 Å². The number of aryl methyl sites for hydroxylation is 1. The molecule has 0 aromatic heterocycles. The van der Waals surface area contributed by atoms with Crippen molar-refractivity contribution in [3.63, 3.8) is 0 Å². The van der Waals surface area contributed by atoms with E-state index in [1.165, 1.54) is 0 Å². The van der Waals surface area contributed by atoms with Crippen LogP contribution in [0, 0.1) is 6.92 Å². The van der Waals surface area contributed by atoms with Gasteiger partial charge in [0.2, 0.25) is 0 Å². The van der Waals surface area contributed by atoms with Gasteiger partial charge in [0.05, 0.1) is 0 Å². The third kappa shape index (κ3) is 6.42. The molecule has 2 aromatic carbocycles. The van der Waals surface area contributed by atoms with E-state index in [1.807, 2.05) is 56.3 Å². The highest BCUT2D eigenvalue weighted by Crippen LogP contribution is 2.28. The van der Waals surface area contributed by atoms with Crippen LogP contribution in [0.25, 0.3) is 0 Å². The molecule has 0 aliphatic carbocycles. The minimum atomic E-state index is -0.486. The number of hydrogen-bond acceptors (Lipinski definition) is 3. The first-order valence-corrected chi connectivity index (χ1v) is 10.4. The van der Waals surface area contributed by atoms with E-state index in [2.05, 4.69) is 5.32 Å². The topological polar surface area (TPSA) is 38.3 Å². The van der Waals surface area contributed by atoms with Gasteiger partial charge in [0.15, 0.2) is 6.10 Å². The summed E-state index contributed by atoms with van der Waals surface area (Å²) in [6, 6.07) is 13.2. The van der Waals surface area contributed by atoms with Crippen LogP contribution in [0.1, 0.15) is 24.5 Å². The molecule has 0 aliphatic heterocycles. The fourth-order valence-electron chi connectivity index (χ4n) is 2.38. The van der Waals surface area contributed by atoms with Crippen LogP contribution in [0.5, 0.6) is 5.75 Å². The van der Waals surface area contributed by atoms with E-state index in [0.29, 0.717) is 28.8 Å². The fraction of sp³-hybridized carbons (Fsp3) is 0.350. The molecule has 1 unspecified atom stereocenters.